The monoisotopic (exact) mass is 215 g/mol. The zero-order valence-corrected chi connectivity index (χ0v) is 9.22. The molecule has 4 atom stereocenters. The summed E-state index contributed by atoms with van der Waals surface area (Å²) in [5.41, 5.74) is 0. The van der Waals surface area contributed by atoms with Gasteiger partial charge in [-0.3, -0.25) is 4.79 Å². The van der Waals surface area contributed by atoms with Gasteiger partial charge in [-0.2, -0.15) is 11.8 Å². The number of carboxylic acid groups (broad SMARTS) is 1. The molecule has 0 bridgehead atoms. The molecule has 0 aromatic carbocycles. The summed E-state index contributed by atoms with van der Waals surface area (Å²) in [5.74, 6) is -0.0698. The van der Waals surface area contributed by atoms with Gasteiger partial charge < -0.3 is 10.4 Å². The molecule has 2 aliphatic rings. The van der Waals surface area contributed by atoms with E-state index in [-0.39, 0.29) is 6.04 Å². The van der Waals surface area contributed by atoms with E-state index in [2.05, 4.69) is 11.6 Å². The molecule has 2 fully saturated rings. The van der Waals surface area contributed by atoms with E-state index in [1.807, 2.05) is 11.8 Å². The van der Waals surface area contributed by atoms with Crippen molar-refractivity contribution >= 4 is 17.7 Å². The number of rotatable bonds is 2. The van der Waals surface area contributed by atoms with E-state index in [1.165, 1.54) is 12.8 Å². The first-order valence-electron chi connectivity index (χ1n) is 5.22. The van der Waals surface area contributed by atoms with Gasteiger partial charge in [0.25, 0.3) is 0 Å². The SMILES string of the molecule is CSC1CCC2CC(C(=O)O)NC2C1. The molecular formula is C10H17NO2S. The predicted octanol–water partition coefficient (Wildman–Crippen LogP) is 1.33. The Morgan fingerprint density at radius 1 is 1.43 bits per heavy atom. The van der Waals surface area contributed by atoms with Crippen molar-refractivity contribution in [1.29, 1.82) is 0 Å². The zero-order valence-electron chi connectivity index (χ0n) is 8.40. The fraction of sp³-hybridized carbons (Fsp3) is 0.900. The van der Waals surface area contributed by atoms with Crippen LogP contribution in [0.5, 0.6) is 0 Å². The molecule has 1 aliphatic carbocycles. The molecule has 3 nitrogen and oxygen atoms in total. The van der Waals surface area contributed by atoms with Crippen molar-refractivity contribution in [1.82, 2.24) is 5.32 Å². The van der Waals surface area contributed by atoms with Gasteiger partial charge in [-0.1, -0.05) is 0 Å². The number of nitrogens with one attached hydrogen (secondary N) is 1. The number of carboxylic acids is 1. The van der Waals surface area contributed by atoms with E-state index in [1.54, 1.807) is 0 Å². The average Bonchev–Trinajstić information content (AvgIpc) is 2.59. The number of fused-ring (bicyclic) bond motifs is 1. The van der Waals surface area contributed by atoms with E-state index < -0.39 is 5.97 Å². The molecule has 80 valence electrons. The van der Waals surface area contributed by atoms with Crippen LogP contribution >= 0.6 is 11.8 Å². The Hall–Kier alpha value is -0.220. The van der Waals surface area contributed by atoms with Gasteiger partial charge in [-0.15, -0.1) is 0 Å². The molecule has 4 heteroatoms. The quantitative estimate of drug-likeness (QED) is 0.729. The molecule has 0 amide bonds. The molecule has 0 spiro atoms. The van der Waals surface area contributed by atoms with Gasteiger partial charge in [0.2, 0.25) is 0 Å². The first-order chi connectivity index (χ1) is 6.70. The molecule has 2 rings (SSSR count). The van der Waals surface area contributed by atoms with E-state index in [0.29, 0.717) is 12.0 Å². The molecule has 0 aromatic heterocycles. The normalized spacial score (nSPS) is 42.1. The summed E-state index contributed by atoms with van der Waals surface area (Å²) in [5, 5.41) is 12.9. The van der Waals surface area contributed by atoms with Crippen LogP contribution in [0.1, 0.15) is 25.7 Å². The molecule has 1 heterocycles. The third kappa shape index (κ3) is 1.91. The molecule has 0 aromatic rings. The van der Waals surface area contributed by atoms with Gasteiger partial charge in [0.1, 0.15) is 6.04 Å². The highest BCUT2D eigenvalue weighted by Gasteiger charge is 2.40. The lowest BCUT2D eigenvalue weighted by Crippen LogP contribution is -2.39. The number of hydrogen-bond donors (Lipinski definition) is 2. The number of aliphatic carboxylic acids is 1. The number of hydrogen-bond acceptors (Lipinski definition) is 3. The molecular weight excluding hydrogens is 198 g/mol. The van der Waals surface area contributed by atoms with Crippen molar-refractivity contribution in [3.8, 4) is 0 Å². The van der Waals surface area contributed by atoms with Gasteiger partial charge in [0, 0.05) is 11.3 Å². The molecule has 1 saturated heterocycles. The third-order valence-corrected chi connectivity index (χ3v) is 4.63. The molecule has 2 N–H and O–H groups in total. The van der Waals surface area contributed by atoms with Crippen molar-refractivity contribution in [2.45, 2.75) is 43.0 Å². The van der Waals surface area contributed by atoms with Crippen LogP contribution in [0.4, 0.5) is 0 Å². The minimum atomic E-state index is -0.680. The second kappa shape index (κ2) is 4.11. The Kier molecular flexibility index (Phi) is 3.02. The summed E-state index contributed by atoms with van der Waals surface area (Å²) < 4.78 is 0. The van der Waals surface area contributed by atoms with Crippen LogP contribution in [-0.4, -0.2) is 34.7 Å². The summed E-state index contributed by atoms with van der Waals surface area (Å²) in [6.07, 6.45) is 6.59. The van der Waals surface area contributed by atoms with Crippen LogP contribution < -0.4 is 5.32 Å². The maximum atomic E-state index is 10.8. The maximum Gasteiger partial charge on any atom is 0.320 e. The largest absolute Gasteiger partial charge is 0.480 e. The lowest BCUT2D eigenvalue weighted by Gasteiger charge is -2.30. The van der Waals surface area contributed by atoms with Crippen molar-refractivity contribution < 1.29 is 9.90 Å². The summed E-state index contributed by atoms with van der Waals surface area (Å²) in [6, 6.07) is 0.174. The Morgan fingerprint density at radius 2 is 2.21 bits per heavy atom. The van der Waals surface area contributed by atoms with Crippen molar-refractivity contribution in [2.75, 3.05) is 6.26 Å². The number of thioether (sulfide) groups is 1. The predicted molar refractivity (Wildman–Crippen MR) is 57.6 cm³/mol. The Morgan fingerprint density at radius 3 is 2.86 bits per heavy atom. The fourth-order valence-corrected chi connectivity index (χ4v) is 3.47. The standard InChI is InChI=1S/C10H17NO2S/c1-14-7-3-2-6-4-9(10(12)13)11-8(6)5-7/h6-9,11H,2-5H2,1H3,(H,12,13). The van der Waals surface area contributed by atoms with Crippen LogP contribution in [0.15, 0.2) is 0 Å². The van der Waals surface area contributed by atoms with Crippen molar-refractivity contribution in [2.24, 2.45) is 5.92 Å². The molecule has 4 unspecified atom stereocenters. The van der Waals surface area contributed by atoms with Gasteiger partial charge in [-0.05, 0) is 37.9 Å². The Bertz CT molecular complexity index is 234. The average molecular weight is 215 g/mol. The highest BCUT2D eigenvalue weighted by Crippen LogP contribution is 2.37. The molecule has 0 radical (unpaired) electrons. The summed E-state index contributed by atoms with van der Waals surface area (Å²) in [7, 11) is 0. The van der Waals surface area contributed by atoms with E-state index >= 15 is 0 Å². The second-order valence-corrected chi connectivity index (χ2v) is 5.47. The minimum absolute atomic E-state index is 0.286. The second-order valence-electron chi connectivity index (χ2n) is 4.33. The Labute approximate surface area is 88.6 Å². The number of carbonyl (C=O) groups is 1. The smallest absolute Gasteiger partial charge is 0.320 e. The van der Waals surface area contributed by atoms with Crippen LogP contribution in [0.3, 0.4) is 0 Å². The third-order valence-electron chi connectivity index (χ3n) is 3.53. The summed E-state index contributed by atoms with van der Waals surface area (Å²) in [6.45, 7) is 0. The molecule has 1 saturated carbocycles. The molecule has 14 heavy (non-hydrogen) atoms. The lowest BCUT2D eigenvalue weighted by molar-refractivity contribution is -0.139. The fourth-order valence-electron chi connectivity index (χ4n) is 2.70. The van der Waals surface area contributed by atoms with Gasteiger partial charge in [0.15, 0.2) is 0 Å². The lowest BCUT2D eigenvalue weighted by atomic mass is 9.84. The highest BCUT2D eigenvalue weighted by atomic mass is 32.2. The van der Waals surface area contributed by atoms with Crippen LogP contribution in [-0.2, 0) is 4.79 Å². The highest BCUT2D eigenvalue weighted by molar-refractivity contribution is 7.99. The van der Waals surface area contributed by atoms with Gasteiger partial charge in [-0.25, -0.2) is 0 Å². The van der Waals surface area contributed by atoms with Crippen LogP contribution in [0.2, 0.25) is 0 Å². The van der Waals surface area contributed by atoms with Gasteiger partial charge >= 0.3 is 5.97 Å². The topological polar surface area (TPSA) is 49.3 Å². The van der Waals surface area contributed by atoms with Crippen LogP contribution in [0, 0.1) is 5.92 Å². The van der Waals surface area contributed by atoms with Gasteiger partial charge in [0.05, 0.1) is 0 Å². The van der Waals surface area contributed by atoms with Crippen molar-refractivity contribution in [3.05, 3.63) is 0 Å². The summed E-state index contributed by atoms with van der Waals surface area (Å²) in [4.78, 5) is 10.8. The minimum Gasteiger partial charge on any atom is -0.480 e. The zero-order chi connectivity index (χ0) is 10.1. The first-order valence-corrected chi connectivity index (χ1v) is 6.51. The van der Waals surface area contributed by atoms with Crippen molar-refractivity contribution in [3.63, 3.8) is 0 Å². The van der Waals surface area contributed by atoms with E-state index in [0.717, 1.165) is 18.1 Å². The first kappa shape index (κ1) is 10.3. The van der Waals surface area contributed by atoms with E-state index in [4.69, 9.17) is 5.11 Å². The Balaban J connectivity index is 1.95. The molecule has 1 aliphatic heterocycles. The van der Waals surface area contributed by atoms with Crippen LogP contribution in [0.25, 0.3) is 0 Å². The summed E-state index contributed by atoms with van der Waals surface area (Å²) >= 11 is 1.92. The maximum absolute atomic E-state index is 10.8. The van der Waals surface area contributed by atoms with E-state index in [9.17, 15) is 4.79 Å².